The molecule has 1 fully saturated rings. The van der Waals surface area contributed by atoms with E-state index >= 15 is 0 Å². The number of rotatable bonds is 18. The van der Waals surface area contributed by atoms with Gasteiger partial charge in [0.1, 0.15) is 23.9 Å². The number of aliphatic carboxylic acids is 1. The van der Waals surface area contributed by atoms with E-state index in [0.29, 0.717) is 44.6 Å². The van der Waals surface area contributed by atoms with Crippen LogP contribution < -0.4 is 16.0 Å². The zero-order valence-corrected chi connectivity index (χ0v) is 35.1. The summed E-state index contributed by atoms with van der Waals surface area (Å²) >= 11 is 0. The van der Waals surface area contributed by atoms with Gasteiger partial charge >= 0.3 is 11.9 Å². The number of carbonyl (C=O) groups excluding carboxylic acids is 3. The van der Waals surface area contributed by atoms with Crippen LogP contribution in [0.4, 0.5) is 0 Å². The molecule has 6 N–H and O–H groups in total. The Kier molecular flexibility index (Phi) is 15.3. The largest absolute Gasteiger partial charge is 0.508 e. The Morgan fingerprint density at radius 2 is 1.59 bits per heavy atom. The number of carboxylic acids is 1. The first-order valence-corrected chi connectivity index (χ1v) is 20.9. The summed E-state index contributed by atoms with van der Waals surface area (Å²) in [5.41, 5.74) is 3.86. The normalized spacial score (nSPS) is 19.6. The van der Waals surface area contributed by atoms with E-state index in [1.165, 1.54) is 12.1 Å². The summed E-state index contributed by atoms with van der Waals surface area (Å²) in [6, 6.07) is 24.8. The molecule has 3 aromatic carbocycles. The number of aromatic hydroxyl groups is 1. The first kappa shape index (κ1) is 44.9. The summed E-state index contributed by atoms with van der Waals surface area (Å²) in [6.45, 7) is 7.50. The second-order valence-corrected chi connectivity index (χ2v) is 17.2. The molecule has 0 saturated carbocycles. The molecule has 0 radical (unpaired) electrons. The van der Waals surface area contributed by atoms with Gasteiger partial charge in [-0.05, 0) is 86.1 Å². The number of hydrogen-bond donors (Lipinski definition) is 6. The Balaban J connectivity index is 1.26. The van der Waals surface area contributed by atoms with Gasteiger partial charge in [-0.1, -0.05) is 72.8 Å². The topological polar surface area (TPSA) is 194 Å². The van der Waals surface area contributed by atoms with Gasteiger partial charge in [-0.3, -0.25) is 39.3 Å². The Bertz CT molecular complexity index is 2080. The van der Waals surface area contributed by atoms with E-state index in [-0.39, 0.29) is 37.0 Å². The van der Waals surface area contributed by atoms with Gasteiger partial charge < -0.3 is 30.7 Å². The fraction of sp³-hybridized carbons (Fsp3) is 0.426. The quantitative estimate of drug-likeness (QED) is 0.0802. The number of fused-ring (bicyclic) bond motifs is 1. The minimum Gasteiger partial charge on any atom is -0.508 e. The lowest BCUT2D eigenvalue weighted by atomic mass is 9.91. The van der Waals surface area contributed by atoms with Crippen molar-refractivity contribution >= 4 is 23.8 Å². The highest BCUT2D eigenvalue weighted by molar-refractivity contribution is 5.83. The third kappa shape index (κ3) is 13.2. The van der Waals surface area contributed by atoms with Crippen LogP contribution in [0.1, 0.15) is 61.1 Å². The highest BCUT2D eigenvalue weighted by Crippen LogP contribution is 2.32. The van der Waals surface area contributed by atoms with E-state index in [4.69, 9.17) is 4.74 Å². The molecule has 2 heterocycles. The van der Waals surface area contributed by atoms with Crippen molar-refractivity contribution in [2.75, 3.05) is 32.7 Å². The van der Waals surface area contributed by atoms with Gasteiger partial charge in [-0.25, -0.2) is 0 Å². The number of ether oxygens (including phenoxy) is 1. The number of phenolic OH excluding ortho intramolecular Hbond substituents is 1. The number of amides is 2. The summed E-state index contributed by atoms with van der Waals surface area (Å²) in [7, 11) is 0. The van der Waals surface area contributed by atoms with Crippen LogP contribution in [0.15, 0.2) is 103 Å². The molecule has 1 aliphatic carbocycles. The average Bonchev–Trinajstić information content (AvgIpc) is 3.54. The Morgan fingerprint density at radius 1 is 0.885 bits per heavy atom. The molecule has 1 saturated heterocycles. The lowest BCUT2D eigenvalue weighted by molar-refractivity contribution is -0.152. The van der Waals surface area contributed by atoms with Crippen LogP contribution >= 0.6 is 0 Å². The number of aliphatic hydroxyl groups excluding tert-OH is 1. The molecule has 14 heteroatoms. The van der Waals surface area contributed by atoms with E-state index in [1.807, 2.05) is 92.4 Å². The van der Waals surface area contributed by atoms with Crippen molar-refractivity contribution in [2.45, 2.75) is 88.9 Å². The number of carbonyl (C=O) groups is 4. The molecule has 0 spiro atoms. The molecule has 1 aliphatic heterocycles. The van der Waals surface area contributed by atoms with E-state index < -0.39 is 60.3 Å². The Morgan fingerprint density at radius 3 is 2.30 bits per heavy atom. The highest BCUT2D eigenvalue weighted by Gasteiger charge is 2.38. The third-order valence-corrected chi connectivity index (χ3v) is 11.2. The monoisotopic (exact) mass is 834 g/mol. The molecule has 6 atom stereocenters. The van der Waals surface area contributed by atoms with Crippen LogP contribution in [0, 0.1) is 5.92 Å². The number of benzene rings is 3. The van der Waals surface area contributed by atoms with Crippen LogP contribution in [-0.2, 0) is 49.7 Å². The summed E-state index contributed by atoms with van der Waals surface area (Å²) in [6.07, 6.45) is 2.66. The molecular weight excluding hydrogens is 777 g/mol. The molecule has 2 amide bonds. The van der Waals surface area contributed by atoms with Gasteiger partial charge in [0.25, 0.3) is 0 Å². The summed E-state index contributed by atoms with van der Waals surface area (Å²) in [4.78, 5) is 63.0. The standard InChI is InChI=1S/C47H58N6O8/c1-47(2,3)51-45(58)40-30-52(28-33-12-9-19-48-26-33)20-21-53(40)29-37(61-42(56)27-49-39(46(59)60)23-32-15-17-36(54)18-16-32)24-35(22-31-10-5-4-6-11-31)44(57)50-43-38-14-8-7-13-34(38)25-41(43)55/h4-19,26,35,37,39-41,43,49,54-55H,20-25,27-30H2,1-3H3,(H,50,57)(H,51,58)(H,59,60)/t35-,37-,39-,40-,41+,43-/m0/s1. The summed E-state index contributed by atoms with van der Waals surface area (Å²) in [5, 5.41) is 39.8. The minimum atomic E-state index is -1.16. The number of esters is 1. The van der Waals surface area contributed by atoms with Gasteiger partial charge in [0.15, 0.2) is 0 Å². The fourth-order valence-electron chi connectivity index (χ4n) is 8.18. The number of hydrogen-bond acceptors (Lipinski definition) is 11. The van der Waals surface area contributed by atoms with Gasteiger partial charge in [0, 0.05) is 63.0 Å². The average molecular weight is 835 g/mol. The van der Waals surface area contributed by atoms with Gasteiger partial charge in [-0.15, -0.1) is 0 Å². The van der Waals surface area contributed by atoms with Crippen molar-refractivity contribution in [3.05, 3.63) is 131 Å². The van der Waals surface area contributed by atoms with Crippen molar-refractivity contribution in [3.63, 3.8) is 0 Å². The summed E-state index contributed by atoms with van der Waals surface area (Å²) < 4.78 is 6.21. The first-order chi connectivity index (χ1) is 29.2. The van der Waals surface area contributed by atoms with Crippen molar-refractivity contribution in [1.29, 1.82) is 0 Å². The van der Waals surface area contributed by atoms with E-state index in [2.05, 4.69) is 25.8 Å². The molecular formula is C47H58N6O8. The Hall–Kier alpha value is -5.67. The predicted molar refractivity (Wildman–Crippen MR) is 229 cm³/mol. The molecule has 0 unspecified atom stereocenters. The van der Waals surface area contributed by atoms with E-state index in [1.54, 1.807) is 24.5 Å². The van der Waals surface area contributed by atoms with Crippen molar-refractivity contribution in [1.82, 2.24) is 30.7 Å². The SMILES string of the molecule is CC(C)(C)NC(=O)[C@@H]1CN(Cc2cccnc2)CCN1C[C@H](C[C@H](Cc1ccccc1)C(=O)N[C@H]1c2ccccc2C[C@H]1O)OC(=O)CN[C@@H](Cc1ccc(O)cc1)C(=O)O. The number of piperazine rings is 1. The van der Waals surface area contributed by atoms with E-state index in [9.17, 15) is 34.5 Å². The number of nitrogens with one attached hydrogen (secondary N) is 3. The second-order valence-electron chi connectivity index (χ2n) is 17.2. The van der Waals surface area contributed by atoms with Crippen LogP contribution in [-0.4, -0.2) is 116 Å². The van der Waals surface area contributed by atoms with Crippen LogP contribution in [0.25, 0.3) is 0 Å². The second kappa shape index (κ2) is 20.7. The maximum absolute atomic E-state index is 14.5. The third-order valence-electron chi connectivity index (χ3n) is 11.2. The predicted octanol–water partition coefficient (Wildman–Crippen LogP) is 3.41. The molecule has 1 aromatic heterocycles. The van der Waals surface area contributed by atoms with Crippen molar-refractivity contribution in [2.24, 2.45) is 5.92 Å². The smallest absolute Gasteiger partial charge is 0.321 e. The molecule has 61 heavy (non-hydrogen) atoms. The zero-order chi connectivity index (χ0) is 43.5. The molecule has 0 bridgehead atoms. The minimum absolute atomic E-state index is 0.0507. The molecule has 4 aromatic rings. The number of aliphatic hydroxyl groups is 1. The number of pyridine rings is 1. The Labute approximate surface area is 357 Å². The van der Waals surface area contributed by atoms with Crippen LogP contribution in [0.5, 0.6) is 5.75 Å². The molecule has 6 rings (SSSR count). The fourth-order valence-corrected chi connectivity index (χ4v) is 8.18. The molecule has 2 aliphatic rings. The van der Waals surface area contributed by atoms with E-state index in [0.717, 1.165) is 22.3 Å². The van der Waals surface area contributed by atoms with Crippen LogP contribution in [0.2, 0.25) is 0 Å². The maximum atomic E-state index is 14.5. The van der Waals surface area contributed by atoms with Crippen LogP contribution in [0.3, 0.4) is 0 Å². The van der Waals surface area contributed by atoms with Gasteiger partial charge in [-0.2, -0.15) is 0 Å². The lowest BCUT2D eigenvalue weighted by Crippen LogP contribution is -2.62. The molecule has 324 valence electrons. The van der Waals surface area contributed by atoms with Crippen molar-refractivity contribution < 1.29 is 39.2 Å². The highest BCUT2D eigenvalue weighted by atomic mass is 16.5. The molecule has 14 nitrogen and oxygen atoms in total. The van der Waals surface area contributed by atoms with Crippen molar-refractivity contribution in [3.8, 4) is 5.75 Å². The number of phenols is 1. The van der Waals surface area contributed by atoms with Gasteiger partial charge in [0.2, 0.25) is 11.8 Å². The lowest BCUT2D eigenvalue weighted by Gasteiger charge is -2.42. The number of carboxylic acid groups (broad SMARTS) is 1. The number of aromatic nitrogens is 1. The number of nitrogens with zero attached hydrogens (tertiary/aromatic N) is 3. The summed E-state index contributed by atoms with van der Waals surface area (Å²) in [5.74, 6) is -3.04. The maximum Gasteiger partial charge on any atom is 0.321 e. The zero-order valence-electron chi connectivity index (χ0n) is 35.1. The first-order valence-electron chi connectivity index (χ1n) is 20.9. The van der Waals surface area contributed by atoms with Gasteiger partial charge in [0.05, 0.1) is 18.7 Å².